The van der Waals surface area contributed by atoms with Gasteiger partial charge in [0.15, 0.2) is 5.82 Å². The first-order valence-electron chi connectivity index (χ1n) is 6.62. The van der Waals surface area contributed by atoms with Gasteiger partial charge in [0, 0.05) is 19.3 Å². The zero-order chi connectivity index (χ0) is 13.0. The topological polar surface area (TPSA) is 68.8 Å². The molecule has 3 N–H and O–H groups in total. The van der Waals surface area contributed by atoms with Crippen LogP contribution in [0.15, 0.2) is 12.3 Å². The lowest BCUT2D eigenvalue weighted by Gasteiger charge is -2.10. The maximum atomic E-state index is 5.74. The summed E-state index contributed by atoms with van der Waals surface area (Å²) in [5.41, 5.74) is 7.71. The van der Waals surface area contributed by atoms with Crippen LogP contribution in [0.4, 0.5) is 11.8 Å². The molecule has 0 aromatic carbocycles. The van der Waals surface area contributed by atoms with Crippen molar-refractivity contribution < 1.29 is 0 Å². The molecule has 0 bridgehead atoms. The number of nitrogens with two attached hydrogens (primary N) is 1. The summed E-state index contributed by atoms with van der Waals surface area (Å²) in [6, 6.07) is 1.99. The predicted molar refractivity (Wildman–Crippen MR) is 75.6 cm³/mol. The van der Waals surface area contributed by atoms with Crippen LogP contribution in [0.1, 0.15) is 33.1 Å². The number of hydrogen-bond acceptors (Lipinski definition) is 4. The van der Waals surface area contributed by atoms with E-state index in [1.807, 2.05) is 12.3 Å². The normalized spacial score (nSPS) is 11.0. The molecule has 0 saturated carbocycles. The molecule has 5 heteroatoms. The van der Waals surface area contributed by atoms with Crippen molar-refractivity contribution in [1.29, 1.82) is 0 Å². The second-order valence-electron chi connectivity index (χ2n) is 4.45. The molecule has 0 spiro atoms. The fourth-order valence-electron chi connectivity index (χ4n) is 2.06. The van der Waals surface area contributed by atoms with Gasteiger partial charge >= 0.3 is 0 Å². The number of nitrogen functional groups attached to an aromatic ring is 1. The molecule has 0 unspecified atom stereocenters. The van der Waals surface area contributed by atoms with Crippen LogP contribution < -0.4 is 11.1 Å². The molecule has 2 aromatic heterocycles. The maximum absolute atomic E-state index is 5.74. The first-order chi connectivity index (χ1) is 8.76. The number of nitrogens with zero attached hydrogens (tertiary/aromatic N) is 3. The first kappa shape index (κ1) is 12.7. The average Bonchev–Trinajstić information content (AvgIpc) is 2.73. The minimum Gasteiger partial charge on any atom is -0.368 e. The smallest absolute Gasteiger partial charge is 0.222 e. The molecular weight excluding hydrogens is 226 g/mol. The number of anilines is 2. The standard InChI is InChI=1S/C13H21N5/c1-3-5-7-15-12-11-10(16-13(14)17-12)6-9-18(11)8-4-2/h6,9H,3-5,7-8H2,1-2H3,(H3,14,15,16,17). The van der Waals surface area contributed by atoms with E-state index in [9.17, 15) is 0 Å². The Morgan fingerprint density at radius 1 is 1.28 bits per heavy atom. The van der Waals surface area contributed by atoms with E-state index in [4.69, 9.17) is 5.73 Å². The van der Waals surface area contributed by atoms with Gasteiger partial charge in [0.2, 0.25) is 5.95 Å². The van der Waals surface area contributed by atoms with Crippen molar-refractivity contribution in [3.05, 3.63) is 12.3 Å². The van der Waals surface area contributed by atoms with Gasteiger partial charge in [0.25, 0.3) is 0 Å². The van der Waals surface area contributed by atoms with E-state index in [1.165, 1.54) is 0 Å². The lowest BCUT2D eigenvalue weighted by molar-refractivity contribution is 0.702. The van der Waals surface area contributed by atoms with Crippen LogP contribution in [0.2, 0.25) is 0 Å². The molecule has 0 saturated heterocycles. The van der Waals surface area contributed by atoms with Crippen LogP contribution in [0.25, 0.3) is 11.0 Å². The molecule has 0 aliphatic carbocycles. The Kier molecular flexibility index (Phi) is 4.02. The number of nitrogens with one attached hydrogen (secondary N) is 1. The second-order valence-corrected chi connectivity index (χ2v) is 4.45. The number of hydrogen-bond donors (Lipinski definition) is 2. The van der Waals surface area contributed by atoms with E-state index < -0.39 is 0 Å². The summed E-state index contributed by atoms with van der Waals surface area (Å²) in [6.45, 7) is 6.22. The van der Waals surface area contributed by atoms with Crippen LogP contribution in [-0.2, 0) is 6.54 Å². The number of aromatic nitrogens is 3. The van der Waals surface area contributed by atoms with Crippen molar-refractivity contribution in [1.82, 2.24) is 14.5 Å². The summed E-state index contributed by atoms with van der Waals surface area (Å²) in [4.78, 5) is 8.60. The highest BCUT2D eigenvalue weighted by Crippen LogP contribution is 2.22. The van der Waals surface area contributed by atoms with E-state index in [0.29, 0.717) is 5.95 Å². The van der Waals surface area contributed by atoms with Crippen molar-refractivity contribution in [3.8, 4) is 0 Å². The third kappa shape index (κ3) is 2.55. The molecule has 0 aliphatic heterocycles. The van der Waals surface area contributed by atoms with E-state index in [2.05, 4.69) is 33.7 Å². The fourth-order valence-corrected chi connectivity index (χ4v) is 2.06. The fraction of sp³-hybridized carbons (Fsp3) is 0.538. The Morgan fingerprint density at radius 3 is 2.83 bits per heavy atom. The molecule has 2 aromatic rings. The number of fused-ring (bicyclic) bond motifs is 1. The quantitative estimate of drug-likeness (QED) is 0.770. The van der Waals surface area contributed by atoms with Crippen LogP contribution >= 0.6 is 0 Å². The molecule has 0 fully saturated rings. The van der Waals surface area contributed by atoms with E-state index in [-0.39, 0.29) is 0 Å². The third-order valence-corrected chi connectivity index (χ3v) is 2.92. The van der Waals surface area contributed by atoms with Crippen molar-refractivity contribution in [2.75, 3.05) is 17.6 Å². The lowest BCUT2D eigenvalue weighted by atomic mass is 10.3. The molecule has 0 radical (unpaired) electrons. The Labute approximate surface area is 107 Å². The molecule has 98 valence electrons. The van der Waals surface area contributed by atoms with Gasteiger partial charge in [0.05, 0.1) is 5.52 Å². The minimum atomic E-state index is 0.329. The van der Waals surface area contributed by atoms with Crippen LogP contribution in [0.5, 0.6) is 0 Å². The Balaban J connectivity index is 2.37. The van der Waals surface area contributed by atoms with E-state index in [1.54, 1.807) is 0 Å². The van der Waals surface area contributed by atoms with Crippen molar-refractivity contribution >= 4 is 22.8 Å². The highest BCUT2D eigenvalue weighted by Gasteiger charge is 2.10. The van der Waals surface area contributed by atoms with Crippen molar-refractivity contribution in [2.45, 2.75) is 39.7 Å². The zero-order valence-corrected chi connectivity index (χ0v) is 11.1. The van der Waals surface area contributed by atoms with Gasteiger partial charge < -0.3 is 15.6 Å². The number of rotatable bonds is 6. The third-order valence-electron chi connectivity index (χ3n) is 2.92. The highest BCUT2D eigenvalue weighted by atomic mass is 15.1. The number of unbranched alkanes of at least 4 members (excludes halogenated alkanes) is 1. The summed E-state index contributed by atoms with van der Waals surface area (Å²) in [7, 11) is 0. The SMILES string of the molecule is CCCCNc1nc(N)nc2ccn(CCC)c12. The van der Waals surface area contributed by atoms with Crippen molar-refractivity contribution in [3.63, 3.8) is 0 Å². The summed E-state index contributed by atoms with van der Waals surface area (Å²) in [5.74, 6) is 1.18. The number of aryl methyl sites for hydroxylation is 1. The molecular formula is C13H21N5. The largest absolute Gasteiger partial charge is 0.368 e. The summed E-state index contributed by atoms with van der Waals surface area (Å²) < 4.78 is 2.18. The zero-order valence-electron chi connectivity index (χ0n) is 11.1. The predicted octanol–water partition coefficient (Wildman–Crippen LogP) is 2.64. The Bertz CT molecular complexity index is 517. The van der Waals surface area contributed by atoms with Gasteiger partial charge in [-0.2, -0.15) is 4.98 Å². The molecule has 18 heavy (non-hydrogen) atoms. The lowest BCUT2D eigenvalue weighted by Crippen LogP contribution is -2.08. The summed E-state index contributed by atoms with van der Waals surface area (Å²) >= 11 is 0. The molecule has 0 atom stereocenters. The second kappa shape index (κ2) is 5.71. The molecule has 0 aliphatic rings. The van der Waals surface area contributed by atoms with Gasteiger partial charge in [-0.1, -0.05) is 20.3 Å². The van der Waals surface area contributed by atoms with Gasteiger partial charge in [0.1, 0.15) is 5.52 Å². The Morgan fingerprint density at radius 2 is 2.11 bits per heavy atom. The molecule has 5 nitrogen and oxygen atoms in total. The summed E-state index contributed by atoms with van der Waals surface area (Å²) in [6.07, 6.45) is 5.42. The Hall–Kier alpha value is -1.78. The molecule has 0 amide bonds. The monoisotopic (exact) mass is 247 g/mol. The van der Waals surface area contributed by atoms with Crippen molar-refractivity contribution in [2.24, 2.45) is 0 Å². The first-order valence-corrected chi connectivity index (χ1v) is 6.62. The molecule has 2 rings (SSSR count). The van der Waals surface area contributed by atoms with Gasteiger partial charge in [-0.3, -0.25) is 0 Å². The maximum Gasteiger partial charge on any atom is 0.222 e. The van der Waals surface area contributed by atoms with Crippen LogP contribution in [0.3, 0.4) is 0 Å². The van der Waals surface area contributed by atoms with Crippen LogP contribution in [-0.4, -0.2) is 21.1 Å². The van der Waals surface area contributed by atoms with E-state index >= 15 is 0 Å². The highest BCUT2D eigenvalue weighted by molar-refractivity contribution is 5.87. The minimum absolute atomic E-state index is 0.329. The van der Waals surface area contributed by atoms with Gasteiger partial charge in [-0.25, -0.2) is 4.98 Å². The van der Waals surface area contributed by atoms with Gasteiger partial charge in [-0.05, 0) is 18.9 Å². The molecule has 2 heterocycles. The van der Waals surface area contributed by atoms with Gasteiger partial charge in [-0.15, -0.1) is 0 Å². The van der Waals surface area contributed by atoms with Crippen LogP contribution in [0, 0.1) is 0 Å². The summed E-state index contributed by atoms with van der Waals surface area (Å²) in [5, 5.41) is 3.36. The average molecular weight is 247 g/mol. The van der Waals surface area contributed by atoms with E-state index in [0.717, 1.165) is 49.2 Å².